The third-order valence-electron chi connectivity index (χ3n) is 3.74. The zero-order valence-corrected chi connectivity index (χ0v) is 11.3. The van der Waals surface area contributed by atoms with Crippen molar-refractivity contribution in [2.45, 2.75) is 13.3 Å². The number of allylic oxidation sites excluding steroid dienone is 1. The summed E-state index contributed by atoms with van der Waals surface area (Å²) in [4.78, 5) is 48.9. The van der Waals surface area contributed by atoms with Crippen LogP contribution in [0.25, 0.3) is 0 Å². The summed E-state index contributed by atoms with van der Waals surface area (Å²) in [6, 6.07) is 6.40. The second-order valence-electron chi connectivity index (χ2n) is 4.92. The summed E-state index contributed by atoms with van der Waals surface area (Å²) >= 11 is 0. The van der Waals surface area contributed by atoms with Crippen molar-refractivity contribution in [2.75, 3.05) is 6.61 Å². The van der Waals surface area contributed by atoms with Crippen LogP contribution >= 0.6 is 0 Å². The quantitative estimate of drug-likeness (QED) is 0.607. The topological polar surface area (TPSA) is 77.5 Å². The van der Waals surface area contributed by atoms with Gasteiger partial charge in [0.05, 0.1) is 6.61 Å². The van der Waals surface area contributed by atoms with Gasteiger partial charge in [-0.15, -0.1) is 0 Å². The molecule has 0 amide bonds. The van der Waals surface area contributed by atoms with E-state index in [0.717, 1.165) is 0 Å². The lowest BCUT2D eigenvalue weighted by Crippen LogP contribution is -2.29. The van der Waals surface area contributed by atoms with Crippen LogP contribution in [-0.4, -0.2) is 29.9 Å². The summed E-state index contributed by atoms with van der Waals surface area (Å²) in [7, 11) is 0. The van der Waals surface area contributed by atoms with Gasteiger partial charge < -0.3 is 4.74 Å². The molecule has 1 atom stereocenters. The molecule has 0 saturated heterocycles. The fraction of sp³-hybridized carbons (Fsp3) is 0.250. The second-order valence-corrected chi connectivity index (χ2v) is 4.92. The minimum absolute atomic E-state index is 0.00199. The molecule has 1 aromatic carbocycles. The number of Topliss-reactive ketones (excluding diaryl/α,β-unsaturated/α-hetero) is 3. The second kappa shape index (κ2) is 4.77. The number of fused-ring (bicyclic) bond motifs is 1. The Morgan fingerprint density at radius 1 is 1.14 bits per heavy atom. The molecule has 0 N–H and O–H groups in total. The molecule has 5 nitrogen and oxygen atoms in total. The van der Waals surface area contributed by atoms with Crippen molar-refractivity contribution in [3.05, 3.63) is 46.5 Å². The highest BCUT2D eigenvalue weighted by atomic mass is 16.5. The Bertz CT molecular complexity index is 726. The minimum atomic E-state index is -1.26. The molecule has 2 aliphatic carbocycles. The summed E-state index contributed by atoms with van der Waals surface area (Å²) in [6.07, 6.45) is -0.183. The van der Waals surface area contributed by atoms with Crippen molar-refractivity contribution in [1.82, 2.24) is 0 Å². The fourth-order valence-electron chi connectivity index (χ4n) is 2.84. The van der Waals surface area contributed by atoms with Crippen LogP contribution in [0.2, 0.25) is 0 Å². The molecule has 0 fully saturated rings. The van der Waals surface area contributed by atoms with E-state index in [0.29, 0.717) is 5.56 Å². The predicted octanol–water partition coefficient (Wildman–Crippen LogP) is 1.51. The number of hydrogen-bond donors (Lipinski definition) is 0. The van der Waals surface area contributed by atoms with Gasteiger partial charge in [-0.05, 0) is 6.92 Å². The normalized spacial score (nSPS) is 20.4. The zero-order chi connectivity index (χ0) is 15.1. The third-order valence-corrected chi connectivity index (χ3v) is 3.74. The highest BCUT2D eigenvalue weighted by Gasteiger charge is 2.47. The lowest BCUT2D eigenvalue weighted by atomic mass is 9.83. The summed E-state index contributed by atoms with van der Waals surface area (Å²) in [6.45, 7) is 1.74. The van der Waals surface area contributed by atoms with Gasteiger partial charge in [-0.25, -0.2) is 0 Å². The van der Waals surface area contributed by atoms with Crippen LogP contribution < -0.4 is 0 Å². The first kappa shape index (κ1) is 13.4. The maximum Gasteiger partial charge on any atom is 0.321 e. The van der Waals surface area contributed by atoms with E-state index in [9.17, 15) is 19.2 Å². The van der Waals surface area contributed by atoms with Gasteiger partial charge in [-0.3, -0.25) is 19.2 Å². The molecule has 0 bridgehead atoms. The maximum atomic E-state index is 12.5. The molecule has 3 rings (SSSR count). The maximum absolute atomic E-state index is 12.5. The molecule has 0 heterocycles. The summed E-state index contributed by atoms with van der Waals surface area (Å²) in [5.74, 6) is -3.24. The first-order chi connectivity index (χ1) is 10.1. The molecule has 0 spiro atoms. The number of rotatable bonds is 2. The molecule has 5 heteroatoms. The molecule has 21 heavy (non-hydrogen) atoms. The summed E-state index contributed by atoms with van der Waals surface area (Å²) < 4.78 is 4.86. The molecule has 2 aliphatic rings. The van der Waals surface area contributed by atoms with Gasteiger partial charge >= 0.3 is 5.97 Å². The number of ether oxygens (including phenoxy) is 1. The smallest absolute Gasteiger partial charge is 0.321 e. The Balaban J connectivity index is 2.13. The van der Waals surface area contributed by atoms with Gasteiger partial charge in [0, 0.05) is 28.7 Å². The molecule has 1 unspecified atom stereocenters. The first-order valence-corrected chi connectivity index (χ1v) is 6.67. The van der Waals surface area contributed by atoms with Crippen LogP contribution in [-0.2, 0) is 14.3 Å². The molecule has 0 saturated carbocycles. The number of carbonyl (C=O) groups excluding carboxylic acids is 4. The van der Waals surface area contributed by atoms with Crippen LogP contribution in [0.15, 0.2) is 35.4 Å². The molecule has 106 valence electrons. The first-order valence-electron chi connectivity index (χ1n) is 6.67. The van der Waals surface area contributed by atoms with Crippen molar-refractivity contribution >= 4 is 23.3 Å². The molecular formula is C16H12O5. The SMILES string of the molecule is CCOC(=O)C1C(=O)CC2=C1C(=O)c1ccccc1C2=O. The van der Waals surface area contributed by atoms with Crippen LogP contribution in [0, 0.1) is 5.92 Å². The van der Waals surface area contributed by atoms with Crippen molar-refractivity contribution in [2.24, 2.45) is 5.92 Å². The van der Waals surface area contributed by atoms with Gasteiger partial charge in [-0.2, -0.15) is 0 Å². The Kier molecular flexibility index (Phi) is 3.05. The standard InChI is InChI=1S/C16H12O5/c1-2-21-16(20)13-11(17)7-10-12(13)15(19)9-6-4-3-5-8(9)14(10)18/h3-6,13H,2,7H2,1H3. The van der Waals surface area contributed by atoms with Crippen molar-refractivity contribution < 1.29 is 23.9 Å². The molecule has 0 aromatic heterocycles. The Morgan fingerprint density at radius 3 is 2.38 bits per heavy atom. The van der Waals surface area contributed by atoms with E-state index in [4.69, 9.17) is 4.74 Å². The van der Waals surface area contributed by atoms with Gasteiger partial charge in [-0.1, -0.05) is 24.3 Å². The van der Waals surface area contributed by atoms with Crippen LogP contribution in [0.1, 0.15) is 34.1 Å². The number of ketones is 3. The summed E-state index contributed by atoms with van der Waals surface area (Å²) in [5.41, 5.74) is 0.674. The highest BCUT2D eigenvalue weighted by molar-refractivity contribution is 6.33. The van der Waals surface area contributed by atoms with Crippen LogP contribution in [0.3, 0.4) is 0 Å². The van der Waals surface area contributed by atoms with Gasteiger partial charge in [0.25, 0.3) is 0 Å². The zero-order valence-electron chi connectivity index (χ0n) is 11.3. The monoisotopic (exact) mass is 284 g/mol. The van der Waals surface area contributed by atoms with E-state index in [1.165, 1.54) is 6.07 Å². The Hall–Kier alpha value is -2.56. The number of benzene rings is 1. The lowest BCUT2D eigenvalue weighted by molar-refractivity contribution is -0.149. The van der Waals surface area contributed by atoms with Gasteiger partial charge in [0.1, 0.15) is 5.92 Å². The minimum Gasteiger partial charge on any atom is -0.465 e. The average molecular weight is 284 g/mol. The van der Waals surface area contributed by atoms with Crippen molar-refractivity contribution in [1.29, 1.82) is 0 Å². The van der Waals surface area contributed by atoms with Crippen molar-refractivity contribution in [3.8, 4) is 0 Å². The van der Waals surface area contributed by atoms with Gasteiger partial charge in [0.2, 0.25) is 0 Å². The predicted molar refractivity (Wildman–Crippen MR) is 71.9 cm³/mol. The van der Waals surface area contributed by atoms with E-state index >= 15 is 0 Å². The highest BCUT2D eigenvalue weighted by Crippen LogP contribution is 2.38. The number of hydrogen-bond acceptors (Lipinski definition) is 5. The lowest BCUT2D eigenvalue weighted by Gasteiger charge is -2.18. The third kappa shape index (κ3) is 1.85. The van der Waals surface area contributed by atoms with E-state index in [2.05, 4.69) is 0 Å². The molecule has 1 aromatic rings. The Labute approximate surface area is 120 Å². The van der Waals surface area contributed by atoms with E-state index in [1.807, 2.05) is 0 Å². The largest absolute Gasteiger partial charge is 0.465 e. The van der Waals surface area contributed by atoms with E-state index in [1.54, 1.807) is 25.1 Å². The van der Waals surface area contributed by atoms with Crippen molar-refractivity contribution in [3.63, 3.8) is 0 Å². The number of esters is 1. The summed E-state index contributed by atoms with van der Waals surface area (Å²) in [5, 5.41) is 0. The fourth-order valence-corrected chi connectivity index (χ4v) is 2.84. The Morgan fingerprint density at radius 2 is 1.76 bits per heavy atom. The molecular weight excluding hydrogens is 272 g/mol. The number of carbonyl (C=O) groups is 4. The molecule has 0 aliphatic heterocycles. The average Bonchev–Trinajstić information content (AvgIpc) is 2.83. The molecule has 0 radical (unpaired) electrons. The van der Waals surface area contributed by atoms with Crippen LogP contribution in [0.5, 0.6) is 0 Å². The van der Waals surface area contributed by atoms with E-state index in [-0.39, 0.29) is 35.5 Å². The van der Waals surface area contributed by atoms with Crippen LogP contribution in [0.4, 0.5) is 0 Å². The van der Waals surface area contributed by atoms with Gasteiger partial charge in [0.15, 0.2) is 17.3 Å². The van der Waals surface area contributed by atoms with E-state index < -0.39 is 23.5 Å².